The van der Waals surface area contributed by atoms with E-state index in [1.165, 1.54) is 7.11 Å². The van der Waals surface area contributed by atoms with Crippen molar-refractivity contribution in [2.45, 2.75) is 6.10 Å². The van der Waals surface area contributed by atoms with Gasteiger partial charge in [0.25, 0.3) is 0 Å². The summed E-state index contributed by atoms with van der Waals surface area (Å²) in [4.78, 5) is 11.3. The van der Waals surface area contributed by atoms with E-state index in [9.17, 15) is 4.79 Å². The molecule has 3 nitrogen and oxygen atoms in total. The van der Waals surface area contributed by atoms with Gasteiger partial charge in [-0.15, -0.1) is 0 Å². The summed E-state index contributed by atoms with van der Waals surface area (Å²) < 4.78 is 10.3. The minimum Gasteiger partial charge on any atom is -0.467 e. The van der Waals surface area contributed by atoms with Crippen LogP contribution in [-0.4, -0.2) is 19.7 Å². The maximum Gasteiger partial charge on any atom is 0.331 e. The number of ether oxygens (including phenoxy) is 2. The fourth-order valence-electron chi connectivity index (χ4n) is 1.86. The van der Waals surface area contributed by atoms with Crippen molar-refractivity contribution in [1.82, 2.24) is 0 Å². The number of carbonyl (C=O) groups excluding carboxylic acids is 1. The van der Waals surface area contributed by atoms with E-state index >= 15 is 0 Å². The lowest BCUT2D eigenvalue weighted by molar-refractivity contribution is -0.147. The summed E-state index contributed by atoms with van der Waals surface area (Å²) in [6, 6.07) is 17.1. The van der Waals surface area contributed by atoms with Gasteiger partial charge < -0.3 is 9.47 Å². The molecule has 0 saturated carbocycles. The number of carbonyl (C=O) groups is 1. The van der Waals surface area contributed by atoms with Gasteiger partial charge in [0.2, 0.25) is 0 Å². The van der Waals surface area contributed by atoms with Gasteiger partial charge in [-0.2, -0.15) is 0 Å². The molecule has 0 aliphatic rings. The summed E-state index contributed by atoms with van der Waals surface area (Å²) in [5.74, 6) is -0.403. The smallest absolute Gasteiger partial charge is 0.331 e. The number of methoxy groups -OCH3 is 1. The molecule has 0 amide bonds. The van der Waals surface area contributed by atoms with E-state index in [0.29, 0.717) is 5.02 Å². The molecule has 0 N–H and O–H groups in total. The first-order valence-electron chi connectivity index (χ1n) is 6.19. The van der Waals surface area contributed by atoms with E-state index in [1.807, 2.05) is 42.5 Å². The average molecular weight is 291 g/mol. The molecule has 0 spiro atoms. The molecule has 2 aromatic carbocycles. The zero-order valence-corrected chi connectivity index (χ0v) is 11.8. The van der Waals surface area contributed by atoms with Crippen LogP contribution in [0.3, 0.4) is 0 Å². The molecule has 0 aromatic heterocycles. The van der Waals surface area contributed by atoms with Crippen LogP contribution in [0.2, 0.25) is 5.02 Å². The minimum atomic E-state index is -0.403. The summed E-state index contributed by atoms with van der Waals surface area (Å²) in [7, 11) is 1.34. The summed E-state index contributed by atoms with van der Waals surface area (Å²) in [6.07, 6.45) is -0.326. The highest BCUT2D eigenvalue weighted by Gasteiger charge is 2.16. The Morgan fingerprint density at radius 1 is 1.05 bits per heavy atom. The van der Waals surface area contributed by atoms with E-state index in [4.69, 9.17) is 16.3 Å². The number of benzene rings is 2. The Morgan fingerprint density at radius 3 is 2.25 bits per heavy atom. The Kier molecular flexibility index (Phi) is 5.16. The van der Waals surface area contributed by atoms with Gasteiger partial charge in [-0.05, 0) is 23.3 Å². The molecule has 1 atom stereocenters. The average Bonchev–Trinajstić information content (AvgIpc) is 2.50. The molecule has 0 fully saturated rings. The highest BCUT2D eigenvalue weighted by molar-refractivity contribution is 6.30. The standard InChI is InChI=1S/C16H15ClO3/c1-19-15(18)11-20-16(12-5-3-2-4-6-12)13-7-9-14(17)10-8-13/h2-10,16H,11H2,1H3. The number of halogens is 1. The van der Waals surface area contributed by atoms with Gasteiger partial charge in [0.1, 0.15) is 12.7 Å². The van der Waals surface area contributed by atoms with Crippen LogP contribution in [0.15, 0.2) is 54.6 Å². The Morgan fingerprint density at radius 2 is 1.65 bits per heavy atom. The van der Waals surface area contributed by atoms with E-state index < -0.39 is 5.97 Å². The molecule has 0 saturated heterocycles. The Balaban J connectivity index is 2.24. The predicted octanol–water partition coefficient (Wildman–Crippen LogP) is 3.62. The number of hydrogen-bond donors (Lipinski definition) is 0. The second kappa shape index (κ2) is 7.08. The Bertz CT molecular complexity index is 552. The predicted molar refractivity (Wildman–Crippen MR) is 77.7 cm³/mol. The van der Waals surface area contributed by atoms with Crippen LogP contribution in [0, 0.1) is 0 Å². The quantitative estimate of drug-likeness (QED) is 0.789. The van der Waals surface area contributed by atoms with Crippen LogP contribution in [0.5, 0.6) is 0 Å². The van der Waals surface area contributed by atoms with Gasteiger partial charge in [-0.3, -0.25) is 0 Å². The molecule has 20 heavy (non-hydrogen) atoms. The van der Waals surface area contributed by atoms with Gasteiger partial charge in [-0.1, -0.05) is 54.1 Å². The third-order valence-corrected chi connectivity index (χ3v) is 3.12. The first-order chi connectivity index (χ1) is 9.70. The molecule has 2 aromatic rings. The number of hydrogen-bond acceptors (Lipinski definition) is 3. The van der Waals surface area contributed by atoms with E-state index in [-0.39, 0.29) is 12.7 Å². The first-order valence-corrected chi connectivity index (χ1v) is 6.57. The van der Waals surface area contributed by atoms with E-state index in [1.54, 1.807) is 12.1 Å². The van der Waals surface area contributed by atoms with Crippen LogP contribution in [-0.2, 0) is 14.3 Å². The van der Waals surface area contributed by atoms with Gasteiger partial charge in [0, 0.05) is 5.02 Å². The summed E-state index contributed by atoms with van der Waals surface area (Å²) >= 11 is 5.90. The third kappa shape index (κ3) is 3.83. The molecule has 0 heterocycles. The lowest BCUT2D eigenvalue weighted by Crippen LogP contribution is -2.15. The molecule has 1 unspecified atom stereocenters. The Hall–Kier alpha value is -1.84. The van der Waals surface area contributed by atoms with Gasteiger partial charge in [0.15, 0.2) is 0 Å². The highest BCUT2D eigenvalue weighted by Crippen LogP contribution is 2.26. The summed E-state index contributed by atoms with van der Waals surface area (Å²) in [6.45, 7) is -0.0985. The third-order valence-electron chi connectivity index (χ3n) is 2.87. The second-order valence-electron chi connectivity index (χ2n) is 4.23. The summed E-state index contributed by atoms with van der Waals surface area (Å²) in [5, 5.41) is 0.661. The fraction of sp³-hybridized carbons (Fsp3) is 0.188. The molecule has 0 bridgehead atoms. The van der Waals surface area contributed by atoms with Crippen LogP contribution >= 0.6 is 11.6 Å². The maximum atomic E-state index is 11.3. The molecule has 0 aliphatic carbocycles. The SMILES string of the molecule is COC(=O)COC(c1ccccc1)c1ccc(Cl)cc1. The summed E-state index contributed by atoms with van der Waals surface area (Å²) in [5.41, 5.74) is 1.91. The van der Waals surface area contributed by atoms with Crippen molar-refractivity contribution < 1.29 is 14.3 Å². The monoisotopic (exact) mass is 290 g/mol. The van der Waals surface area contributed by atoms with Crippen LogP contribution in [0.1, 0.15) is 17.2 Å². The normalized spacial score (nSPS) is 11.9. The second-order valence-corrected chi connectivity index (χ2v) is 4.67. The number of rotatable bonds is 5. The molecule has 0 radical (unpaired) electrons. The van der Waals surface area contributed by atoms with Crippen LogP contribution in [0.4, 0.5) is 0 Å². The van der Waals surface area contributed by atoms with Crippen LogP contribution in [0.25, 0.3) is 0 Å². The van der Waals surface area contributed by atoms with Gasteiger partial charge in [0.05, 0.1) is 7.11 Å². The van der Waals surface area contributed by atoms with Crippen molar-refractivity contribution >= 4 is 17.6 Å². The molecule has 2 rings (SSSR count). The first kappa shape index (κ1) is 14.6. The largest absolute Gasteiger partial charge is 0.467 e. The molecular formula is C16H15ClO3. The molecular weight excluding hydrogens is 276 g/mol. The minimum absolute atomic E-state index is 0.0985. The van der Waals surface area contributed by atoms with Crippen molar-refractivity contribution in [1.29, 1.82) is 0 Å². The van der Waals surface area contributed by atoms with Crippen LogP contribution < -0.4 is 0 Å². The highest BCUT2D eigenvalue weighted by atomic mass is 35.5. The van der Waals surface area contributed by atoms with Crippen molar-refractivity contribution in [3.63, 3.8) is 0 Å². The zero-order chi connectivity index (χ0) is 14.4. The number of esters is 1. The van der Waals surface area contributed by atoms with Crippen molar-refractivity contribution in [2.24, 2.45) is 0 Å². The van der Waals surface area contributed by atoms with Crippen molar-refractivity contribution in [3.05, 3.63) is 70.7 Å². The molecule has 4 heteroatoms. The van der Waals surface area contributed by atoms with Crippen molar-refractivity contribution in [3.8, 4) is 0 Å². The zero-order valence-electron chi connectivity index (χ0n) is 11.1. The van der Waals surface area contributed by atoms with Gasteiger partial charge in [-0.25, -0.2) is 4.79 Å². The maximum absolute atomic E-state index is 11.3. The topological polar surface area (TPSA) is 35.5 Å². The van der Waals surface area contributed by atoms with Crippen molar-refractivity contribution in [2.75, 3.05) is 13.7 Å². The lowest BCUT2D eigenvalue weighted by Gasteiger charge is -2.18. The Labute approximate surface area is 123 Å². The van der Waals surface area contributed by atoms with E-state index in [2.05, 4.69) is 4.74 Å². The lowest BCUT2D eigenvalue weighted by atomic mass is 10.0. The fourth-order valence-corrected chi connectivity index (χ4v) is 1.99. The van der Waals surface area contributed by atoms with Gasteiger partial charge >= 0.3 is 5.97 Å². The van der Waals surface area contributed by atoms with E-state index in [0.717, 1.165) is 11.1 Å². The molecule has 0 aliphatic heterocycles. The molecule has 104 valence electrons.